The lowest BCUT2D eigenvalue weighted by Gasteiger charge is -2.27. The zero-order valence-electron chi connectivity index (χ0n) is 12.0. The summed E-state index contributed by atoms with van der Waals surface area (Å²) in [6.07, 6.45) is 3.84. The minimum Gasteiger partial charge on any atom is -0.378 e. The van der Waals surface area contributed by atoms with Crippen molar-refractivity contribution in [2.24, 2.45) is 5.73 Å². The van der Waals surface area contributed by atoms with Gasteiger partial charge in [-0.05, 0) is 48.1 Å². The van der Waals surface area contributed by atoms with Crippen LogP contribution in [0.2, 0.25) is 0 Å². The third-order valence-corrected chi connectivity index (χ3v) is 4.04. The highest BCUT2D eigenvalue weighted by Crippen LogP contribution is 2.32. The highest BCUT2D eigenvalue weighted by Gasteiger charge is 2.19. The zero-order chi connectivity index (χ0) is 14.7. The third kappa shape index (κ3) is 3.24. The van der Waals surface area contributed by atoms with Crippen molar-refractivity contribution in [2.45, 2.75) is 31.7 Å². The number of carbonyl (C=O) groups excluding carboxylic acids is 1. The van der Waals surface area contributed by atoms with Gasteiger partial charge in [-0.3, -0.25) is 4.79 Å². The molecule has 3 nitrogen and oxygen atoms in total. The Hall–Kier alpha value is -2.29. The minimum absolute atomic E-state index is 0.295. The van der Waals surface area contributed by atoms with Crippen LogP contribution < -0.4 is 11.1 Å². The maximum atomic E-state index is 10.9. The molecule has 1 atom stereocenters. The number of carbonyl (C=O) groups is 1. The topological polar surface area (TPSA) is 55.1 Å². The summed E-state index contributed by atoms with van der Waals surface area (Å²) in [6, 6.07) is 17.0. The largest absolute Gasteiger partial charge is 0.378 e. The molecule has 0 heterocycles. The molecule has 2 aromatic carbocycles. The van der Waals surface area contributed by atoms with Crippen LogP contribution >= 0.6 is 0 Å². The van der Waals surface area contributed by atoms with E-state index in [1.807, 2.05) is 24.3 Å². The number of rotatable bonds is 4. The second-order valence-corrected chi connectivity index (χ2v) is 5.63. The lowest BCUT2D eigenvalue weighted by atomic mass is 9.87. The van der Waals surface area contributed by atoms with Crippen molar-refractivity contribution >= 4 is 11.6 Å². The quantitative estimate of drug-likeness (QED) is 0.903. The van der Waals surface area contributed by atoms with Gasteiger partial charge in [0.05, 0.1) is 12.5 Å². The number of primary amides is 1. The fraction of sp³-hybridized carbons (Fsp3) is 0.278. The standard InChI is InChI=1S/C18H20N2O/c19-18(21)12-13-8-10-15(11-9-13)20-17-7-3-5-14-4-1-2-6-16(14)17/h1-2,4,6,8-11,17,20H,3,5,7,12H2,(H2,19,21). The lowest BCUT2D eigenvalue weighted by molar-refractivity contribution is -0.117. The predicted molar refractivity (Wildman–Crippen MR) is 85.1 cm³/mol. The summed E-state index contributed by atoms with van der Waals surface area (Å²) < 4.78 is 0. The van der Waals surface area contributed by atoms with Crippen LogP contribution in [-0.2, 0) is 17.6 Å². The zero-order valence-corrected chi connectivity index (χ0v) is 12.0. The second kappa shape index (κ2) is 6.00. The Morgan fingerprint density at radius 2 is 1.90 bits per heavy atom. The fourth-order valence-electron chi connectivity index (χ4n) is 3.03. The van der Waals surface area contributed by atoms with Gasteiger partial charge in [-0.25, -0.2) is 0 Å². The summed E-state index contributed by atoms with van der Waals surface area (Å²) >= 11 is 0. The molecule has 2 aromatic rings. The number of nitrogens with two attached hydrogens (primary N) is 1. The van der Waals surface area contributed by atoms with Crippen molar-refractivity contribution in [3.8, 4) is 0 Å². The lowest BCUT2D eigenvalue weighted by Crippen LogP contribution is -2.17. The van der Waals surface area contributed by atoms with E-state index in [4.69, 9.17) is 5.73 Å². The molecule has 108 valence electrons. The molecule has 0 aromatic heterocycles. The van der Waals surface area contributed by atoms with Crippen LogP contribution in [0.3, 0.4) is 0 Å². The molecule has 0 saturated carbocycles. The van der Waals surface area contributed by atoms with Gasteiger partial charge in [0.25, 0.3) is 0 Å². The monoisotopic (exact) mass is 280 g/mol. The highest BCUT2D eigenvalue weighted by molar-refractivity contribution is 5.76. The van der Waals surface area contributed by atoms with Crippen LogP contribution in [0.5, 0.6) is 0 Å². The average Bonchev–Trinajstić information content (AvgIpc) is 2.49. The summed E-state index contributed by atoms with van der Waals surface area (Å²) in [4.78, 5) is 10.9. The first kappa shape index (κ1) is 13.7. The van der Waals surface area contributed by atoms with E-state index in [9.17, 15) is 4.79 Å². The van der Waals surface area contributed by atoms with Gasteiger partial charge in [-0.2, -0.15) is 0 Å². The normalized spacial score (nSPS) is 17.0. The van der Waals surface area contributed by atoms with Gasteiger partial charge >= 0.3 is 0 Å². The molecule has 3 rings (SSSR count). The maximum absolute atomic E-state index is 10.9. The number of amides is 1. The van der Waals surface area contributed by atoms with Gasteiger partial charge < -0.3 is 11.1 Å². The van der Waals surface area contributed by atoms with Gasteiger partial charge in [-0.1, -0.05) is 36.4 Å². The number of hydrogen-bond acceptors (Lipinski definition) is 2. The van der Waals surface area contributed by atoms with Crippen molar-refractivity contribution in [1.29, 1.82) is 0 Å². The first-order chi connectivity index (χ1) is 10.2. The van der Waals surface area contributed by atoms with Gasteiger partial charge in [0.15, 0.2) is 0 Å². The van der Waals surface area contributed by atoms with E-state index in [0.717, 1.165) is 17.7 Å². The van der Waals surface area contributed by atoms with E-state index in [-0.39, 0.29) is 5.91 Å². The van der Waals surface area contributed by atoms with Gasteiger partial charge in [0.1, 0.15) is 0 Å². The van der Waals surface area contributed by atoms with Crippen molar-refractivity contribution in [2.75, 3.05) is 5.32 Å². The summed E-state index contributed by atoms with van der Waals surface area (Å²) in [6.45, 7) is 0. The SMILES string of the molecule is NC(=O)Cc1ccc(NC2CCCc3ccccc32)cc1. The molecule has 3 N–H and O–H groups in total. The number of anilines is 1. The van der Waals surface area contributed by atoms with Crippen molar-refractivity contribution < 1.29 is 4.79 Å². The molecule has 1 amide bonds. The Kier molecular flexibility index (Phi) is 3.91. The van der Waals surface area contributed by atoms with E-state index in [2.05, 4.69) is 29.6 Å². The Morgan fingerprint density at radius 1 is 1.14 bits per heavy atom. The van der Waals surface area contributed by atoms with Gasteiger partial charge in [-0.15, -0.1) is 0 Å². The first-order valence-electron chi connectivity index (χ1n) is 7.44. The number of hydrogen-bond donors (Lipinski definition) is 2. The Morgan fingerprint density at radius 3 is 2.67 bits per heavy atom. The second-order valence-electron chi connectivity index (χ2n) is 5.63. The minimum atomic E-state index is -0.295. The number of fused-ring (bicyclic) bond motifs is 1. The predicted octanol–water partition coefficient (Wildman–Crippen LogP) is 3.20. The van der Waals surface area contributed by atoms with Crippen LogP contribution in [0.4, 0.5) is 5.69 Å². The van der Waals surface area contributed by atoms with Crippen LogP contribution in [0.1, 0.15) is 35.6 Å². The van der Waals surface area contributed by atoms with Crippen LogP contribution in [0.15, 0.2) is 48.5 Å². The van der Waals surface area contributed by atoms with Crippen LogP contribution in [0.25, 0.3) is 0 Å². The smallest absolute Gasteiger partial charge is 0.221 e. The van der Waals surface area contributed by atoms with Crippen molar-refractivity contribution in [3.63, 3.8) is 0 Å². The molecule has 0 spiro atoms. The third-order valence-electron chi connectivity index (χ3n) is 4.04. The average molecular weight is 280 g/mol. The molecule has 21 heavy (non-hydrogen) atoms. The van der Waals surface area contributed by atoms with E-state index in [0.29, 0.717) is 12.5 Å². The van der Waals surface area contributed by atoms with Crippen molar-refractivity contribution in [1.82, 2.24) is 0 Å². The van der Waals surface area contributed by atoms with E-state index < -0.39 is 0 Å². The number of nitrogens with one attached hydrogen (secondary N) is 1. The molecular weight excluding hydrogens is 260 g/mol. The van der Waals surface area contributed by atoms with E-state index in [1.54, 1.807) is 0 Å². The molecular formula is C18H20N2O. The molecule has 0 radical (unpaired) electrons. The Balaban J connectivity index is 1.74. The molecule has 0 aliphatic heterocycles. The summed E-state index contributed by atoms with van der Waals surface area (Å²) in [5, 5.41) is 3.60. The fourth-order valence-corrected chi connectivity index (χ4v) is 3.03. The summed E-state index contributed by atoms with van der Waals surface area (Å²) in [5.74, 6) is -0.295. The van der Waals surface area contributed by atoms with Crippen molar-refractivity contribution in [3.05, 3.63) is 65.2 Å². The maximum Gasteiger partial charge on any atom is 0.221 e. The Labute approximate surface area is 125 Å². The Bertz CT molecular complexity index is 634. The molecule has 1 aliphatic rings. The molecule has 1 unspecified atom stereocenters. The molecule has 3 heteroatoms. The van der Waals surface area contributed by atoms with Gasteiger partial charge in [0.2, 0.25) is 5.91 Å². The van der Waals surface area contributed by atoms with E-state index >= 15 is 0 Å². The number of aryl methyl sites for hydroxylation is 1. The van der Waals surface area contributed by atoms with Gasteiger partial charge in [0, 0.05) is 5.69 Å². The molecule has 0 fully saturated rings. The summed E-state index contributed by atoms with van der Waals surface area (Å²) in [7, 11) is 0. The first-order valence-corrected chi connectivity index (χ1v) is 7.44. The summed E-state index contributed by atoms with van der Waals surface area (Å²) in [5.41, 5.74) is 10.1. The van der Waals surface area contributed by atoms with E-state index in [1.165, 1.54) is 24.0 Å². The highest BCUT2D eigenvalue weighted by atomic mass is 16.1. The molecule has 1 aliphatic carbocycles. The van der Waals surface area contributed by atoms with Crippen LogP contribution in [0, 0.1) is 0 Å². The number of benzene rings is 2. The molecule has 0 saturated heterocycles. The molecule has 0 bridgehead atoms. The van der Waals surface area contributed by atoms with Crippen LogP contribution in [-0.4, -0.2) is 5.91 Å².